The van der Waals surface area contributed by atoms with Crippen LogP contribution >= 0.6 is 0 Å². The number of hydrogen-bond acceptors (Lipinski definition) is 3. The van der Waals surface area contributed by atoms with Gasteiger partial charge in [0.1, 0.15) is 6.04 Å². The smallest absolute Gasteiger partial charge is 0.323 e. The molecule has 0 bridgehead atoms. The molecular formula is C14H19NO2. The number of nitrogens with one attached hydrogen (secondary N) is 1. The van der Waals surface area contributed by atoms with Crippen LogP contribution in [0, 0.1) is 6.92 Å². The van der Waals surface area contributed by atoms with E-state index >= 15 is 0 Å². The number of ether oxygens (including phenoxy) is 1. The Balaban J connectivity index is 2.03. The van der Waals surface area contributed by atoms with Gasteiger partial charge in [-0.15, -0.1) is 0 Å². The van der Waals surface area contributed by atoms with Gasteiger partial charge >= 0.3 is 5.97 Å². The molecule has 1 fully saturated rings. The zero-order valence-electron chi connectivity index (χ0n) is 10.4. The Morgan fingerprint density at radius 3 is 2.88 bits per heavy atom. The first-order valence-electron chi connectivity index (χ1n) is 6.20. The third kappa shape index (κ3) is 2.67. The molecule has 0 saturated carbocycles. The van der Waals surface area contributed by atoms with Crippen LogP contribution in [-0.2, 0) is 9.53 Å². The minimum absolute atomic E-state index is 0.122. The Labute approximate surface area is 102 Å². The lowest BCUT2D eigenvalue weighted by molar-refractivity contribution is -0.145. The second-order valence-corrected chi connectivity index (χ2v) is 4.46. The van der Waals surface area contributed by atoms with Crippen LogP contribution in [0.1, 0.15) is 36.9 Å². The normalized spacial score (nSPS) is 23.6. The molecule has 1 saturated heterocycles. The van der Waals surface area contributed by atoms with Crippen molar-refractivity contribution in [1.29, 1.82) is 0 Å². The van der Waals surface area contributed by atoms with Gasteiger partial charge in [0.25, 0.3) is 0 Å². The molecule has 1 aliphatic rings. The lowest BCUT2D eigenvalue weighted by atomic mass is 10.0. The minimum atomic E-state index is -0.139. The van der Waals surface area contributed by atoms with Crippen molar-refractivity contribution in [3.63, 3.8) is 0 Å². The van der Waals surface area contributed by atoms with E-state index in [1.807, 2.05) is 19.1 Å². The van der Waals surface area contributed by atoms with Gasteiger partial charge in [-0.1, -0.05) is 24.3 Å². The first-order valence-corrected chi connectivity index (χ1v) is 6.20. The summed E-state index contributed by atoms with van der Waals surface area (Å²) in [4.78, 5) is 11.6. The van der Waals surface area contributed by atoms with E-state index in [2.05, 4.69) is 24.4 Å². The average Bonchev–Trinajstić information content (AvgIpc) is 2.79. The average molecular weight is 233 g/mol. The van der Waals surface area contributed by atoms with E-state index in [0.717, 1.165) is 12.8 Å². The number of carbonyl (C=O) groups excluding carboxylic acids is 1. The Morgan fingerprint density at radius 2 is 2.18 bits per heavy atom. The SMILES string of the molecule is CCOC(=O)[C@@H]1CC[C@@H](c2ccccc2C)N1. The van der Waals surface area contributed by atoms with E-state index in [1.54, 1.807) is 0 Å². The molecular weight excluding hydrogens is 214 g/mol. The van der Waals surface area contributed by atoms with Crippen LogP contribution in [0.25, 0.3) is 0 Å². The molecule has 0 unspecified atom stereocenters. The van der Waals surface area contributed by atoms with Crippen molar-refractivity contribution in [3.05, 3.63) is 35.4 Å². The largest absolute Gasteiger partial charge is 0.465 e. The molecule has 1 heterocycles. The summed E-state index contributed by atoms with van der Waals surface area (Å²) >= 11 is 0. The van der Waals surface area contributed by atoms with Crippen molar-refractivity contribution < 1.29 is 9.53 Å². The molecule has 1 N–H and O–H groups in total. The standard InChI is InChI=1S/C14H19NO2/c1-3-17-14(16)13-9-8-12(15-13)11-7-5-4-6-10(11)2/h4-7,12-13,15H,3,8-9H2,1-2H3/t12-,13-/m0/s1. The molecule has 1 aromatic carbocycles. The van der Waals surface area contributed by atoms with Gasteiger partial charge in [0.15, 0.2) is 0 Å². The fourth-order valence-electron chi connectivity index (χ4n) is 2.39. The molecule has 0 aliphatic carbocycles. The maximum Gasteiger partial charge on any atom is 0.323 e. The molecule has 0 radical (unpaired) electrons. The number of esters is 1. The van der Waals surface area contributed by atoms with E-state index in [9.17, 15) is 4.79 Å². The van der Waals surface area contributed by atoms with Crippen molar-refractivity contribution >= 4 is 5.97 Å². The highest BCUT2D eigenvalue weighted by molar-refractivity contribution is 5.76. The van der Waals surface area contributed by atoms with Crippen molar-refractivity contribution in [2.75, 3.05) is 6.61 Å². The van der Waals surface area contributed by atoms with Gasteiger partial charge in [0, 0.05) is 6.04 Å². The molecule has 1 aliphatic heterocycles. The Hall–Kier alpha value is -1.35. The predicted octanol–water partition coefficient (Wildman–Crippen LogP) is 2.35. The van der Waals surface area contributed by atoms with Gasteiger partial charge in [-0.3, -0.25) is 10.1 Å². The summed E-state index contributed by atoms with van der Waals surface area (Å²) in [6.07, 6.45) is 1.85. The van der Waals surface area contributed by atoms with Crippen molar-refractivity contribution in [2.45, 2.75) is 38.8 Å². The molecule has 0 spiro atoms. The topological polar surface area (TPSA) is 38.3 Å². The fourth-order valence-corrected chi connectivity index (χ4v) is 2.39. The van der Waals surface area contributed by atoms with Crippen LogP contribution in [0.5, 0.6) is 0 Å². The van der Waals surface area contributed by atoms with E-state index in [1.165, 1.54) is 11.1 Å². The van der Waals surface area contributed by atoms with Gasteiger partial charge in [-0.2, -0.15) is 0 Å². The Bertz CT molecular complexity index is 403. The maximum atomic E-state index is 11.6. The highest BCUT2D eigenvalue weighted by Crippen LogP contribution is 2.28. The highest BCUT2D eigenvalue weighted by Gasteiger charge is 2.31. The number of rotatable bonds is 3. The highest BCUT2D eigenvalue weighted by atomic mass is 16.5. The van der Waals surface area contributed by atoms with Crippen molar-refractivity contribution in [2.24, 2.45) is 0 Å². The van der Waals surface area contributed by atoms with Gasteiger partial charge in [0.05, 0.1) is 6.61 Å². The maximum absolute atomic E-state index is 11.6. The van der Waals surface area contributed by atoms with Gasteiger partial charge in [-0.25, -0.2) is 0 Å². The summed E-state index contributed by atoms with van der Waals surface area (Å²) in [5.74, 6) is -0.122. The van der Waals surface area contributed by atoms with Crippen LogP contribution in [0.3, 0.4) is 0 Å². The monoisotopic (exact) mass is 233 g/mol. The van der Waals surface area contributed by atoms with Gasteiger partial charge in [-0.05, 0) is 37.8 Å². The lowest BCUT2D eigenvalue weighted by Gasteiger charge is -2.15. The summed E-state index contributed by atoms with van der Waals surface area (Å²) < 4.78 is 5.04. The Morgan fingerprint density at radius 1 is 1.41 bits per heavy atom. The second kappa shape index (κ2) is 5.32. The van der Waals surface area contributed by atoms with Gasteiger partial charge < -0.3 is 4.74 Å². The molecule has 0 amide bonds. The van der Waals surface area contributed by atoms with Crippen LogP contribution < -0.4 is 5.32 Å². The quantitative estimate of drug-likeness (QED) is 0.814. The second-order valence-electron chi connectivity index (χ2n) is 4.46. The molecule has 2 rings (SSSR count). The van der Waals surface area contributed by atoms with Gasteiger partial charge in [0.2, 0.25) is 0 Å². The summed E-state index contributed by atoms with van der Waals surface area (Å²) in [5, 5.41) is 3.36. The number of hydrogen-bond donors (Lipinski definition) is 1. The van der Waals surface area contributed by atoms with Crippen molar-refractivity contribution in [3.8, 4) is 0 Å². The number of carbonyl (C=O) groups is 1. The van der Waals surface area contributed by atoms with E-state index in [0.29, 0.717) is 6.61 Å². The molecule has 1 aromatic rings. The molecule has 92 valence electrons. The molecule has 3 nitrogen and oxygen atoms in total. The third-order valence-corrected chi connectivity index (χ3v) is 3.28. The van der Waals surface area contributed by atoms with Crippen LogP contribution in [0.4, 0.5) is 0 Å². The predicted molar refractivity (Wildman–Crippen MR) is 66.7 cm³/mol. The van der Waals surface area contributed by atoms with E-state index in [-0.39, 0.29) is 18.1 Å². The zero-order chi connectivity index (χ0) is 12.3. The van der Waals surface area contributed by atoms with Crippen molar-refractivity contribution in [1.82, 2.24) is 5.32 Å². The van der Waals surface area contributed by atoms with E-state index < -0.39 is 0 Å². The Kier molecular flexibility index (Phi) is 3.79. The first-order chi connectivity index (χ1) is 8.22. The molecule has 17 heavy (non-hydrogen) atoms. The fraction of sp³-hybridized carbons (Fsp3) is 0.500. The van der Waals surface area contributed by atoms with E-state index in [4.69, 9.17) is 4.74 Å². The summed E-state index contributed by atoms with van der Waals surface area (Å²) in [7, 11) is 0. The molecule has 2 atom stereocenters. The third-order valence-electron chi connectivity index (χ3n) is 3.28. The number of benzene rings is 1. The first kappa shape index (κ1) is 12.1. The van der Waals surface area contributed by atoms with Crippen LogP contribution in [0.2, 0.25) is 0 Å². The molecule has 3 heteroatoms. The lowest BCUT2D eigenvalue weighted by Crippen LogP contribution is -2.33. The van der Waals surface area contributed by atoms with Crippen LogP contribution in [-0.4, -0.2) is 18.6 Å². The summed E-state index contributed by atoms with van der Waals surface area (Å²) in [6, 6.07) is 8.46. The minimum Gasteiger partial charge on any atom is -0.465 e. The van der Waals surface area contributed by atoms with Crippen LogP contribution in [0.15, 0.2) is 24.3 Å². The number of aryl methyl sites for hydroxylation is 1. The summed E-state index contributed by atoms with van der Waals surface area (Å²) in [5.41, 5.74) is 2.56. The summed E-state index contributed by atoms with van der Waals surface area (Å²) in [6.45, 7) is 4.40. The zero-order valence-corrected chi connectivity index (χ0v) is 10.4. The molecule has 0 aromatic heterocycles.